The van der Waals surface area contributed by atoms with Gasteiger partial charge < -0.3 is 20.0 Å². The number of rotatable bonds is 5. The lowest BCUT2D eigenvalue weighted by Crippen LogP contribution is -2.57. The largest absolute Gasteiger partial charge is 0.362 e. The van der Waals surface area contributed by atoms with Gasteiger partial charge in [-0.15, -0.1) is 0 Å². The number of piperidine rings is 1. The molecule has 0 unspecified atom stereocenters. The van der Waals surface area contributed by atoms with Crippen molar-refractivity contribution >= 4 is 69.1 Å². The van der Waals surface area contributed by atoms with Crippen molar-refractivity contribution in [1.82, 2.24) is 25.1 Å². The number of hydrogen-bond acceptors (Lipinski definition) is 9. The van der Waals surface area contributed by atoms with E-state index in [4.69, 9.17) is 21.7 Å². The number of benzene rings is 2. The van der Waals surface area contributed by atoms with Crippen LogP contribution in [0.1, 0.15) is 43.9 Å². The van der Waals surface area contributed by atoms with Crippen molar-refractivity contribution in [3.63, 3.8) is 0 Å². The average Bonchev–Trinajstić information content (AvgIpc) is 3.47. The van der Waals surface area contributed by atoms with E-state index in [1.54, 1.807) is 18.1 Å². The number of nitrogens with one attached hydrogen (secondary N) is 2. The Labute approximate surface area is 265 Å². The lowest BCUT2D eigenvalue weighted by Gasteiger charge is -2.46. The van der Waals surface area contributed by atoms with Gasteiger partial charge in [0, 0.05) is 68.1 Å². The summed E-state index contributed by atoms with van der Waals surface area (Å²) in [5, 5.41) is 11.8. The molecule has 4 aromatic rings. The Morgan fingerprint density at radius 3 is 2.56 bits per heavy atom. The number of aryl methyl sites for hydroxylation is 1. The minimum atomic E-state index is -0.439. The standard InChI is InChI=1S/C32H34ClN9O3/c1-17-15-41(32-34-14-24(33)30(37-32)35-20-5-9-25-19(11-20)12-28(44)39(25)3)16-18(2)42(17)21-6-7-22-26(13-21)40(4)38-29(22)23-8-10-27(43)36-31(23)45/h5-7,9,11,13-14,17-18,23H,8,10,12,15-16H2,1-4H3,(H,34,35,37)(H,36,43,45)/t17-,18-,23+/m1/s1. The number of anilines is 5. The van der Waals surface area contributed by atoms with E-state index in [1.807, 2.05) is 36.0 Å². The number of piperazine rings is 1. The maximum absolute atomic E-state index is 12.6. The summed E-state index contributed by atoms with van der Waals surface area (Å²) in [5.74, 6) is 0.217. The topological polar surface area (TPSA) is 129 Å². The zero-order valence-corrected chi connectivity index (χ0v) is 26.3. The molecule has 13 heteroatoms. The van der Waals surface area contributed by atoms with Crippen LogP contribution in [0.15, 0.2) is 42.6 Å². The highest BCUT2D eigenvalue weighted by Gasteiger charge is 2.34. The summed E-state index contributed by atoms with van der Waals surface area (Å²) in [7, 11) is 3.67. The molecule has 0 spiro atoms. The van der Waals surface area contributed by atoms with Crippen LogP contribution >= 0.6 is 11.6 Å². The van der Waals surface area contributed by atoms with Gasteiger partial charge in [-0.1, -0.05) is 11.6 Å². The fourth-order valence-electron chi connectivity index (χ4n) is 6.92. The molecule has 3 aliphatic heterocycles. The number of fused-ring (bicyclic) bond motifs is 2. The summed E-state index contributed by atoms with van der Waals surface area (Å²) in [5.41, 5.74) is 5.40. The molecule has 2 aromatic heterocycles. The number of halogens is 1. The first-order valence-corrected chi connectivity index (χ1v) is 15.5. The van der Waals surface area contributed by atoms with Gasteiger partial charge in [-0.25, -0.2) is 4.98 Å². The van der Waals surface area contributed by atoms with Crippen LogP contribution in [-0.2, 0) is 27.9 Å². The molecule has 2 N–H and O–H groups in total. The number of likely N-dealkylation sites (N-methyl/N-ethyl adjacent to an activating group) is 1. The Morgan fingerprint density at radius 1 is 1.02 bits per heavy atom. The molecule has 45 heavy (non-hydrogen) atoms. The van der Waals surface area contributed by atoms with Crippen LogP contribution in [0.3, 0.4) is 0 Å². The molecule has 0 saturated carbocycles. The van der Waals surface area contributed by atoms with Gasteiger partial charge >= 0.3 is 0 Å². The predicted octanol–water partition coefficient (Wildman–Crippen LogP) is 3.90. The van der Waals surface area contributed by atoms with Crippen molar-refractivity contribution in [2.45, 2.75) is 51.1 Å². The predicted molar refractivity (Wildman–Crippen MR) is 173 cm³/mol. The third-order valence-corrected chi connectivity index (χ3v) is 9.36. The molecule has 2 fully saturated rings. The molecule has 232 valence electrons. The van der Waals surface area contributed by atoms with Crippen molar-refractivity contribution in [3.8, 4) is 0 Å². The molecule has 0 bridgehead atoms. The number of carbonyl (C=O) groups excluding carboxylic acids is 3. The lowest BCUT2D eigenvalue weighted by atomic mass is 9.92. The molecular weight excluding hydrogens is 594 g/mol. The van der Waals surface area contributed by atoms with Crippen molar-refractivity contribution in [2.75, 3.05) is 40.2 Å². The summed E-state index contributed by atoms with van der Waals surface area (Å²) in [6.07, 6.45) is 2.77. The highest BCUT2D eigenvalue weighted by molar-refractivity contribution is 6.33. The Kier molecular flexibility index (Phi) is 7.11. The second-order valence-electron chi connectivity index (χ2n) is 12.2. The van der Waals surface area contributed by atoms with Gasteiger partial charge in [-0.2, -0.15) is 10.1 Å². The fourth-order valence-corrected chi connectivity index (χ4v) is 7.06. The summed E-state index contributed by atoms with van der Waals surface area (Å²) in [6, 6.07) is 12.3. The van der Waals surface area contributed by atoms with Crippen LogP contribution in [0.4, 0.5) is 28.8 Å². The van der Waals surface area contributed by atoms with E-state index in [0.29, 0.717) is 54.8 Å². The van der Waals surface area contributed by atoms with Gasteiger partial charge in [0.05, 0.1) is 29.7 Å². The second kappa shape index (κ2) is 11.0. The van der Waals surface area contributed by atoms with Gasteiger partial charge in [0.25, 0.3) is 0 Å². The Bertz CT molecular complexity index is 1860. The highest BCUT2D eigenvalue weighted by Crippen LogP contribution is 2.36. The summed E-state index contributed by atoms with van der Waals surface area (Å²) >= 11 is 6.51. The van der Waals surface area contributed by atoms with Crippen LogP contribution in [0.5, 0.6) is 0 Å². The number of hydrogen-bond donors (Lipinski definition) is 2. The van der Waals surface area contributed by atoms with E-state index in [1.165, 1.54) is 0 Å². The van der Waals surface area contributed by atoms with E-state index >= 15 is 0 Å². The number of nitrogens with zero attached hydrogens (tertiary/aromatic N) is 7. The van der Waals surface area contributed by atoms with E-state index in [0.717, 1.165) is 33.5 Å². The molecule has 2 aromatic carbocycles. The second-order valence-corrected chi connectivity index (χ2v) is 12.6. The first-order chi connectivity index (χ1) is 21.6. The van der Waals surface area contributed by atoms with Crippen LogP contribution in [0.2, 0.25) is 5.02 Å². The van der Waals surface area contributed by atoms with Gasteiger partial charge in [-0.3, -0.25) is 24.4 Å². The van der Waals surface area contributed by atoms with Crippen molar-refractivity contribution in [1.29, 1.82) is 0 Å². The average molecular weight is 628 g/mol. The molecule has 0 radical (unpaired) electrons. The van der Waals surface area contributed by atoms with E-state index in [2.05, 4.69) is 51.4 Å². The molecule has 0 aliphatic carbocycles. The normalized spacial score (nSPS) is 21.8. The van der Waals surface area contributed by atoms with Gasteiger partial charge in [0.1, 0.15) is 5.02 Å². The minimum absolute atomic E-state index is 0.0732. The Morgan fingerprint density at radius 2 is 1.80 bits per heavy atom. The van der Waals surface area contributed by atoms with Gasteiger partial charge in [-0.05, 0) is 62.2 Å². The van der Waals surface area contributed by atoms with Crippen molar-refractivity contribution < 1.29 is 14.4 Å². The van der Waals surface area contributed by atoms with Crippen LogP contribution in [-0.4, -0.2) is 69.7 Å². The zero-order chi connectivity index (χ0) is 31.6. The van der Waals surface area contributed by atoms with Crippen molar-refractivity contribution in [3.05, 3.63) is 58.9 Å². The number of carbonyl (C=O) groups is 3. The zero-order valence-electron chi connectivity index (χ0n) is 25.5. The quantitative estimate of drug-likeness (QED) is 0.317. The summed E-state index contributed by atoms with van der Waals surface area (Å²) in [6.45, 7) is 5.76. The minimum Gasteiger partial charge on any atom is -0.362 e. The van der Waals surface area contributed by atoms with Crippen molar-refractivity contribution in [2.24, 2.45) is 7.05 Å². The molecule has 3 atom stereocenters. The van der Waals surface area contributed by atoms with Crippen LogP contribution in [0, 0.1) is 0 Å². The maximum atomic E-state index is 12.6. The summed E-state index contributed by atoms with van der Waals surface area (Å²) < 4.78 is 1.82. The van der Waals surface area contributed by atoms with E-state index < -0.39 is 5.92 Å². The molecule has 7 rings (SSSR count). The molecule has 3 amide bonds. The SMILES string of the molecule is C[C@@H]1CN(c2ncc(Cl)c(Nc3ccc4c(c3)CC(=O)N4C)n2)C[C@@H](C)N1c1ccc2c([C@@H]3CCC(=O)NC3=O)nn(C)c2c1. The smallest absolute Gasteiger partial charge is 0.235 e. The number of aromatic nitrogens is 4. The van der Waals surface area contributed by atoms with Crippen LogP contribution in [0.25, 0.3) is 10.9 Å². The van der Waals surface area contributed by atoms with Crippen LogP contribution < -0.4 is 25.3 Å². The van der Waals surface area contributed by atoms with E-state index in [-0.39, 0.29) is 29.8 Å². The summed E-state index contributed by atoms with van der Waals surface area (Å²) in [4.78, 5) is 52.0. The third-order valence-electron chi connectivity index (χ3n) is 9.08. The maximum Gasteiger partial charge on any atom is 0.235 e. The number of amides is 3. The molecule has 5 heterocycles. The molecule has 3 aliphatic rings. The van der Waals surface area contributed by atoms with Gasteiger partial charge in [0.2, 0.25) is 23.7 Å². The van der Waals surface area contributed by atoms with Gasteiger partial charge in [0.15, 0.2) is 5.82 Å². The monoisotopic (exact) mass is 627 g/mol. The molecular formula is C32H34ClN9O3. The first kappa shape index (κ1) is 29.0. The lowest BCUT2D eigenvalue weighted by molar-refractivity contribution is -0.134. The highest BCUT2D eigenvalue weighted by atomic mass is 35.5. The Hall–Kier alpha value is -4.71. The fraction of sp³-hybridized carbons (Fsp3) is 0.375. The first-order valence-electron chi connectivity index (χ1n) is 15.1. The van der Waals surface area contributed by atoms with E-state index in [9.17, 15) is 14.4 Å². The molecule has 2 saturated heterocycles. The number of imide groups is 1. The Balaban J connectivity index is 1.10. The third kappa shape index (κ3) is 5.12. The molecule has 12 nitrogen and oxygen atoms in total.